The predicted molar refractivity (Wildman–Crippen MR) is 181 cm³/mol. The summed E-state index contributed by atoms with van der Waals surface area (Å²) in [4.78, 5) is 28.0. The number of carbonyl (C=O) groups excluding carboxylic acids is 1. The van der Waals surface area contributed by atoms with Gasteiger partial charge in [0.2, 0.25) is 0 Å². The molecule has 0 aliphatic carbocycles. The van der Waals surface area contributed by atoms with Gasteiger partial charge < -0.3 is 34.3 Å². The molecule has 0 radical (unpaired) electrons. The molecule has 46 heavy (non-hydrogen) atoms. The first kappa shape index (κ1) is 30.1. The number of rotatable bonds is 4. The molecule has 1 saturated heterocycles. The van der Waals surface area contributed by atoms with E-state index in [1.54, 1.807) is 17.6 Å². The number of carbonyl (C=O) groups is 1. The molecule has 2 aromatic heterocycles. The number of amides is 1. The number of imidazole rings is 1. The van der Waals surface area contributed by atoms with Crippen LogP contribution in [0.2, 0.25) is 0 Å². The minimum Gasteiger partial charge on any atom is -0.488 e. The molecule has 0 atom stereocenters. The number of fused-ring (bicyclic) bond motifs is 4. The fourth-order valence-electron chi connectivity index (χ4n) is 6.02. The third-order valence-electron chi connectivity index (χ3n) is 8.45. The molecule has 0 saturated carbocycles. The molecule has 238 valence electrons. The van der Waals surface area contributed by atoms with Crippen LogP contribution < -0.4 is 20.1 Å². The van der Waals surface area contributed by atoms with Gasteiger partial charge in [0.05, 0.1) is 39.5 Å². The van der Waals surface area contributed by atoms with E-state index in [1.165, 1.54) is 0 Å². The molecule has 5 aromatic rings. The number of likely N-dealkylation sites (tertiary alicyclic amines) is 1. The second kappa shape index (κ2) is 11.3. The van der Waals surface area contributed by atoms with Gasteiger partial charge in [0.15, 0.2) is 5.75 Å². The first-order valence-electron chi connectivity index (χ1n) is 15.3. The van der Waals surface area contributed by atoms with Crippen LogP contribution >= 0.6 is 15.9 Å². The Balaban J connectivity index is 1.11. The van der Waals surface area contributed by atoms with Gasteiger partial charge in [0.1, 0.15) is 35.9 Å². The van der Waals surface area contributed by atoms with Crippen molar-refractivity contribution < 1.29 is 19.0 Å². The van der Waals surface area contributed by atoms with Crippen molar-refractivity contribution in [3.63, 3.8) is 0 Å². The molecule has 2 aliphatic heterocycles. The molecule has 12 heteroatoms. The van der Waals surface area contributed by atoms with Gasteiger partial charge >= 0.3 is 6.09 Å². The summed E-state index contributed by atoms with van der Waals surface area (Å²) >= 11 is 3.74. The van der Waals surface area contributed by atoms with Crippen LogP contribution in [0.5, 0.6) is 17.2 Å². The second-order valence-electron chi connectivity index (χ2n) is 13.1. The highest BCUT2D eigenvalue weighted by molar-refractivity contribution is 9.10. The van der Waals surface area contributed by atoms with E-state index in [1.807, 2.05) is 81.8 Å². The number of nitrogens with one attached hydrogen (secondary N) is 2. The van der Waals surface area contributed by atoms with Gasteiger partial charge in [-0.1, -0.05) is 0 Å². The van der Waals surface area contributed by atoms with E-state index < -0.39 is 5.60 Å². The lowest BCUT2D eigenvalue weighted by atomic mass is 9.86. The quantitative estimate of drug-likeness (QED) is 0.196. The lowest BCUT2D eigenvalue weighted by Gasteiger charge is -2.45. The molecule has 1 fully saturated rings. The first-order chi connectivity index (χ1) is 22.0. The number of piperidine rings is 1. The lowest BCUT2D eigenvalue weighted by Crippen LogP contribution is -2.55. The maximum Gasteiger partial charge on any atom is 0.410 e. The zero-order valence-electron chi connectivity index (χ0n) is 26.5. The zero-order valence-corrected chi connectivity index (χ0v) is 28.1. The van der Waals surface area contributed by atoms with Gasteiger partial charge in [-0.3, -0.25) is 0 Å². The summed E-state index contributed by atoms with van der Waals surface area (Å²) in [5.41, 5.74) is 4.53. The molecule has 0 unspecified atom stereocenters. The van der Waals surface area contributed by atoms with Crippen molar-refractivity contribution in [2.75, 3.05) is 30.3 Å². The number of halogens is 1. The monoisotopic (exact) mass is 685 g/mol. The Hall–Kier alpha value is -4.58. The molecular formula is C34H36BrN7O4. The van der Waals surface area contributed by atoms with Crippen molar-refractivity contribution >= 4 is 61.2 Å². The molecule has 0 bridgehead atoms. The smallest absolute Gasteiger partial charge is 0.410 e. The number of benzene rings is 3. The number of anilines is 3. The summed E-state index contributed by atoms with van der Waals surface area (Å²) < 4.78 is 21.2. The molecule has 3 aromatic carbocycles. The van der Waals surface area contributed by atoms with E-state index in [-0.39, 0.29) is 11.6 Å². The molecular weight excluding hydrogens is 650 g/mol. The van der Waals surface area contributed by atoms with Crippen LogP contribution in [-0.2, 0) is 11.8 Å². The highest BCUT2D eigenvalue weighted by Crippen LogP contribution is 2.47. The van der Waals surface area contributed by atoms with Crippen molar-refractivity contribution in [3.8, 4) is 17.2 Å². The van der Waals surface area contributed by atoms with Crippen LogP contribution in [-0.4, -0.2) is 61.3 Å². The van der Waals surface area contributed by atoms with E-state index in [0.29, 0.717) is 31.3 Å². The van der Waals surface area contributed by atoms with Crippen molar-refractivity contribution in [2.45, 2.75) is 51.7 Å². The number of aryl methyl sites for hydroxylation is 2. The van der Waals surface area contributed by atoms with Crippen molar-refractivity contribution in [3.05, 3.63) is 65.2 Å². The highest BCUT2D eigenvalue weighted by Gasteiger charge is 2.42. The second-order valence-corrected chi connectivity index (χ2v) is 13.9. The minimum absolute atomic E-state index is 0.277. The summed E-state index contributed by atoms with van der Waals surface area (Å²) in [6.45, 7) is 9.28. The number of hydrogen-bond acceptors (Lipinski definition) is 9. The Morgan fingerprint density at radius 3 is 2.63 bits per heavy atom. The summed E-state index contributed by atoms with van der Waals surface area (Å²) in [5, 5.41) is 8.04. The fraction of sp³-hybridized carbons (Fsp3) is 0.353. The van der Waals surface area contributed by atoms with Gasteiger partial charge in [0, 0.05) is 36.4 Å². The van der Waals surface area contributed by atoms with Gasteiger partial charge in [-0.05, 0) is 98.4 Å². The first-order valence-corrected chi connectivity index (χ1v) is 16.1. The molecule has 7 rings (SSSR count). The number of aromatic nitrogens is 4. The molecule has 2 aliphatic rings. The van der Waals surface area contributed by atoms with E-state index in [4.69, 9.17) is 14.2 Å². The maximum atomic E-state index is 12.7. The number of hydrogen-bond donors (Lipinski definition) is 2. The normalized spacial score (nSPS) is 15.7. The van der Waals surface area contributed by atoms with Gasteiger partial charge in [-0.2, -0.15) is 0 Å². The zero-order chi connectivity index (χ0) is 32.2. The molecule has 2 N–H and O–H groups in total. The van der Waals surface area contributed by atoms with Gasteiger partial charge in [0.25, 0.3) is 0 Å². The standard InChI is InChI=1S/C34H36BrN7O4/c1-20-14-21(6-9-27(20)45-22-7-8-26-24(15-22)38-19-41(26)5)39-31-28-25(36-18-37-31)16-23(35)29-30(28)44-17-34(40-29)10-12-42(13-11-34)32(43)46-33(2,3)4/h6-9,14-16,18-19,40H,10-13,17H2,1-5H3,(H,36,37,39). The Kier molecular flexibility index (Phi) is 7.42. The summed E-state index contributed by atoms with van der Waals surface area (Å²) in [6.07, 6.45) is 4.53. The van der Waals surface area contributed by atoms with Crippen LogP contribution in [0.1, 0.15) is 39.2 Å². The van der Waals surface area contributed by atoms with Crippen LogP contribution in [0.3, 0.4) is 0 Å². The van der Waals surface area contributed by atoms with Crippen molar-refractivity contribution in [1.29, 1.82) is 0 Å². The Morgan fingerprint density at radius 2 is 1.87 bits per heavy atom. The molecule has 1 spiro atoms. The van der Waals surface area contributed by atoms with Crippen LogP contribution in [0.25, 0.3) is 21.9 Å². The summed E-state index contributed by atoms with van der Waals surface area (Å²) in [6, 6.07) is 13.8. The van der Waals surface area contributed by atoms with Crippen molar-refractivity contribution in [1.82, 2.24) is 24.4 Å². The summed E-state index contributed by atoms with van der Waals surface area (Å²) in [7, 11) is 1.97. The van der Waals surface area contributed by atoms with E-state index in [9.17, 15) is 4.79 Å². The van der Waals surface area contributed by atoms with Crippen LogP contribution in [0, 0.1) is 6.92 Å². The van der Waals surface area contributed by atoms with E-state index in [0.717, 1.165) is 67.7 Å². The Bertz CT molecular complexity index is 1980. The molecule has 1 amide bonds. The third-order valence-corrected chi connectivity index (χ3v) is 9.08. The van der Waals surface area contributed by atoms with Gasteiger partial charge in [-0.25, -0.2) is 19.7 Å². The molecule has 4 heterocycles. The topological polar surface area (TPSA) is 116 Å². The average Bonchev–Trinajstić information content (AvgIpc) is 3.38. The average molecular weight is 687 g/mol. The lowest BCUT2D eigenvalue weighted by molar-refractivity contribution is 0.0150. The maximum absolute atomic E-state index is 12.7. The Labute approximate surface area is 275 Å². The van der Waals surface area contributed by atoms with Crippen molar-refractivity contribution in [2.24, 2.45) is 7.05 Å². The van der Waals surface area contributed by atoms with E-state index >= 15 is 0 Å². The summed E-state index contributed by atoms with van der Waals surface area (Å²) in [5.74, 6) is 2.81. The van der Waals surface area contributed by atoms with E-state index in [2.05, 4.69) is 41.5 Å². The Morgan fingerprint density at radius 1 is 1.07 bits per heavy atom. The number of ether oxygens (including phenoxy) is 3. The fourth-order valence-corrected chi connectivity index (χ4v) is 6.52. The van der Waals surface area contributed by atoms with Crippen LogP contribution in [0.15, 0.2) is 59.6 Å². The number of nitrogens with zero attached hydrogens (tertiary/aromatic N) is 5. The molecule has 11 nitrogen and oxygen atoms in total. The minimum atomic E-state index is -0.526. The SMILES string of the molecule is Cc1cc(Nc2ncnc3cc(Br)c4c(c23)OCC2(CCN(C(=O)OC(C)(C)C)CC2)N4)ccc1Oc1ccc2c(c1)ncn2C. The van der Waals surface area contributed by atoms with Crippen LogP contribution in [0.4, 0.5) is 22.0 Å². The predicted octanol–water partition coefficient (Wildman–Crippen LogP) is 7.70. The highest BCUT2D eigenvalue weighted by atomic mass is 79.9. The third kappa shape index (κ3) is 5.77. The largest absolute Gasteiger partial charge is 0.488 e. The van der Waals surface area contributed by atoms with Gasteiger partial charge in [-0.15, -0.1) is 0 Å².